The Morgan fingerprint density at radius 1 is 0.952 bits per heavy atom. The van der Waals surface area contributed by atoms with E-state index in [0.29, 0.717) is 0 Å². The van der Waals surface area contributed by atoms with Gasteiger partial charge in [-0.15, -0.1) is 0 Å². The van der Waals surface area contributed by atoms with Crippen LogP contribution in [0.3, 0.4) is 0 Å². The summed E-state index contributed by atoms with van der Waals surface area (Å²) < 4.78 is 0. The lowest BCUT2D eigenvalue weighted by Gasteiger charge is -2.31. The standard InChI is InChI=1S/C18H21N3/c19-18(20)15-9-10-16(14-7-3-1-4-8-14)17(13-15)21-11-5-2-6-12-21/h1,3-4,7-10,13H,2,5-6,11-12H2,(H3,19,20). The number of nitrogen functional groups attached to an aromatic ring is 1. The maximum atomic E-state index is 7.68. The molecular weight excluding hydrogens is 258 g/mol. The molecule has 0 spiro atoms. The number of hydrogen-bond donors (Lipinski definition) is 2. The van der Waals surface area contributed by atoms with Crippen molar-refractivity contribution in [3.05, 3.63) is 54.1 Å². The highest BCUT2D eigenvalue weighted by molar-refractivity contribution is 5.97. The van der Waals surface area contributed by atoms with E-state index in [4.69, 9.17) is 11.1 Å². The van der Waals surface area contributed by atoms with Crippen LogP contribution in [0.15, 0.2) is 48.5 Å². The summed E-state index contributed by atoms with van der Waals surface area (Å²) in [6.45, 7) is 2.17. The summed E-state index contributed by atoms with van der Waals surface area (Å²) in [6.07, 6.45) is 3.78. The SMILES string of the molecule is N=C(N)c1ccc(-c2ccccc2)c(N2CCCCC2)c1. The molecule has 2 aromatic rings. The number of rotatable bonds is 3. The first-order chi connectivity index (χ1) is 10.3. The number of benzene rings is 2. The lowest BCUT2D eigenvalue weighted by atomic mass is 9.99. The van der Waals surface area contributed by atoms with Crippen molar-refractivity contribution in [2.24, 2.45) is 5.73 Å². The Labute approximate surface area is 125 Å². The van der Waals surface area contributed by atoms with Crippen molar-refractivity contribution in [1.29, 1.82) is 5.41 Å². The Morgan fingerprint density at radius 2 is 1.67 bits per heavy atom. The molecule has 0 aromatic heterocycles. The van der Waals surface area contributed by atoms with Gasteiger partial charge in [-0.3, -0.25) is 5.41 Å². The molecule has 0 saturated carbocycles. The number of amidine groups is 1. The lowest BCUT2D eigenvalue weighted by molar-refractivity contribution is 0.578. The van der Waals surface area contributed by atoms with Gasteiger partial charge in [0.2, 0.25) is 0 Å². The van der Waals surface area contributed by atoms with Gasteiger partial charge in [0.05, 0.1) is 0 Å². The predicted octanol–water partition coefficient (Wildman–Crippen LogP) is 3.63. The maximum Gasteiger partial charge on any atom is 0.122 e. The number of nitrogens with zero attached hydrogens (tertiary/aromatic N) is 1. The zero-order valence-electron chi connectivity index (χ0n) is 12.2. The van der Waals surface area contributed by atoms with Gasteiger partial charge in [-0.1, -0.05) is 42.5 Å². The van der Waals surface area contributed by atoms with E-state index >= 15 is 0 Å². The third-order valence-corrected chi connectivity index (χ3v) is 4.09. The van der Waals surface area contributed by atoms with Gasteiger partial charge in [0.1, 0.15) is 5.84 Å². The topological polar surface area (TPSA) is 53.1 Å². The van der Waals surface area contributed by atoms with Gasteiger partial charge >= 0.3 is 0 Å². The summed E-state index contributed by atoms with van der Waals surface area (Å²) >= 11 is 0. The third-order valence-electron chi connectivity index (χ3n) is 4.09. The summed E-state index contributed by atoms with van der Waals surface area (Å²) in [5.74, 6) is 0.132. The molecule has 0 aliphatic carbocycles. The minimum absolute atomic E-state index is 0.132. The molecule has 1 heterocycles. The Kier molecular flexibility index (Phi) is 3.91. The van der Waals surface area contributed by atoms with Crippen LogP contribution in [0.2, 0.25) is 0 Å². The van der Waals surface area contributed by atoms with Crippen LogP contribution in [0, 0.1) is 5.41 Å². The Bertz CT molecular complexity index is 628. The van der Waals surface area contributed by atoms with Crippen molar-refractivity contribution in [1.82, 2.24) is 0 Å². The highest BCUT2D eigenvalue weighted by atomic mass is 15.1. The van der Waals surface area contributed by atoms with Crippen LogP contribution in [-0.4, -0.2) is 18.9 Å². The molecule has 3 rings (SSSR count). The molecule has 0 radical (unpaired) electrons. The number of hydrogen-bond acceptors (Lipinski definition) is 2. The fourth-order valence-corrected chi connectivity index (χ4v) is 2.96. The van der Waals surface area contributed by atoms with Crippen molar-refractivity contribution >= 4 is 11.5 Å². The number of anilines is 1. The largest absolute Gasteiger partial charge is 0.384 e. The molecule has 1 aliphatic rings. The Morgan fingerprint density at radius 3 is 2.33 bits per heavy atom. The quantitative estimate of drug-likeness (QED) is 0.666. The molecule has 1 saturated heterocycles. The van der Waals surface area contributed by atoms with E-state index in [-0.39, 0.29) is 5.84 Å². The van der Waals surface area contributed by atoms with E-state index in [0.717, 1.165) is 18.7 Å². The van der Waals surface area contributed by atoms with Gasteiger partial charge in [0.15, 0.2) is 0 Å². The zero-order chi connectivity index (χ0) is 14.7. The average molecular weight is 279 g/mol. The van der Waals surface area contributed by atoms with Gasteiger partial charge in [0.25, 0.3) is 0 Å². The molecule has 0 bridgehead atoms. The maximum absolute atomic E-state index is 7.68. The van der Waals surface area contributed by atoms with Crippen molar-refractivity contribution in [3.8, 4) is 11.1 Å². The second-order valence-corrected chi connectivity index (χ2v) is 5.56. The van der Waals surface area contributed by atoms with Crippen LogP contribution in [0.25, 0.3) is 11.1 Å². The first-order valence-corrected chi connectivity index (χ1v) is 7.54. The van der Waals surface area contributed by atoms with E-state index in [1.54, 1.807) is 0 Å². The van der Waals surface area contributed by atoms with E-state index in [2.05, 4.69) is 41.3 Å². The van der Waals surface area contributed by atoms with E-state index in [9.17, 15) is 0 Å². The van der Waals surface area contributed by atoms with Gasteiger partial charge < -0.3 is 10.6 Å². The average Bonchev–Trinajstić information content (AvgIpc) is 2.56. The first kappa shape index (κ1) is 13.7. The molecular formula is C18H21N3. The van der Waals surface area contributed by atoms with E-state index in [1.165, 1.54) is 36.1 Å². The van der Waals surface area contributed by atoms with Crippen LogP contribution < -0.4 is 10.6 Å². The molecule has 1 aliphatic heterocycles. The van der Waals surface area contributed by atoms with Gasteiger partial charge in [0, 0.05) is 29.9 Å². The minimum atomic E-state index is 0.132. The number of piperidine rings is 1. The van der Waals surface area contributed by atoms with Crippen LogP contribution in [-0.2, 0) is 0 Å². The van der Waals surface area contributed by atoms with Gasteiger partial charge in [-0.2, -0.15) is 0 Å². The Balaban J connectivity index is 2.08. The smallest absolute Gasteiger partial charge is 0.122 e. The fourth-order valence-electron chi connectivity index (χ4n) is 2.96. The van der Waals surface area contributed by atoms with Gasteiger partial charge in [-0.05, 0) is 30.9 Å². The van der Waals surface area contributed by atoms with E-state index in [1.807, 2.05) is 12.1 Å². The molecule has 0 atom stereocenters. The second-order valence-electron chi connectivity index (χ2n) is 5.56. The summed E-state index contributed by atoms with van der Waals surface area (Å²) in [4.78, 5) is 2.43. The fraction of sp³-hybridized carbons (Fsp3) is 0.278. The lowest BCUT2D eigenvalue weighted by Crippen LogP contribution is -2.30. The number of nitrogens with one attached hydrogen (secondary N) is 1. The summed E-state index contributed by atoms with van der Waals surface area (Å²) in [7, 11) is 0. The predicted molar refractivity (Wildman–Crippen MR) is 89.0 cm³/mol. The molecule has 3 N–H and O–H groups in total. The molecule has 1 fully saturated rings. The van der Waals surface area contributed by atoms with Crippen LogP contribution >= 0.6 is 0 Å². The normalized spacial score (nSPS) is 15.0. The van der Waals surface area contributed by atoms with Gasteiger partial charge in [-0.25, -0.2) is 0 Å². The zero-order valence-corrected chi connectivity index (χ0v) is 12.2. The van der Waals surface area contributed by atoms with E-state index < -0.39 is 0 Å². The monoisotopic (exact) mass is 279 g/mol. The minimum Gasteiger partial charge on any atom is -0.384 e. The second kappa shape index (κ2) is 6.00. The molecule has 3 nitrogen and oxygen atoms in total. The summed E-state index contributed by atoms with van der Waals surface area (Å²) in [6, 6.07) is 16.5. The van der Waals surface area contributed by atoms with Crippen LogP contribution in [0.4, 0.5) is 5.69 Å². The number of nitrogens with two attached hydrogens (primary N) is 1. The molecule has 108 valence electrons. The highest BCUT2D eigenvalue weighted by Gasteiger charge is 2.16. The van der Waals surface area contributed by atoms with Crippen molar-refractivity contribution < 1.29 is 0 Å². The van der Waals surface area contributed by atoms with Crippen molar-refractivity contribution in [2.75, 3.05) is 18.0 Å². The third kappa shape index (κ3) is 2.92. The molecule has 3 heteroatoms. The molecule has 2 aromatic carbocycles. The Hall–Kier alpha value is -2.29. The first-order valence-electron chi connectivity index (χ1n) is 7.54. The van der Waals surface area contributed by atoms with Crippen molar-refractivity contribution in [3.63, 3.8) is 0 Å². The van der Waals surface area contributed by atoms with Crippen LogP contribution in [0.1, 0.15) is 24.8 Å². The van der Waals surface area contributed by atoms with Crippen molar-refractivity contribution in [2.45, 2.75) is 19.3 Å². The van der Waals surface area contributed by atoms with Crippen LogP contribution in [0.5, 0.6) is 0 Å². The summed E-state index contributed by atoms with van der Waals surface area (Å²) in [5, 5.41) is 7.68. The molecule has 21 heavy (non-hydrogen) atoms. The highest BCUT2D eigenvalue weighted by Crippen LogP contribution is 2.33. The molecule has 0 unspecified atom stereocenters. The summed E-state index contributed by atoms with van der Waals surface area (Å²) in [5.41, 5.74) is 10.1. The molecule has 0 amide bonds.